The van der Waals surface area contributed by atoms with Crippen LogP contribution in [0.3, 0.4) is 0 Å². The quantitative estimate of drug-likeness (QED) is 0.729. The molecular weight excluding hydrogens is 248 g/mol. The summed E-state index contributed by atoms with van der Waals surface area (Å²) in [6.45, 7) is 2.95. The molecule has 0 aromatic heterocycles. The van der Waals surface area contributed by atoms with Crippen LogP contribution in [-0.4, -0.2) is 67.5 Å². The van der Waals surface area contributed by atoms with Gasteiger partial charge in [-0.05, 0) is 6.92 Å². The fraction of sp³-hybridized carbons (Fsp3) is 0.889. The molecule has 16 heavy (non-hydrogen) atoms. The Morgan fingerprint density at radius 2 is 2.19 bits per heavy atom. The topological polar surface area (TPSA) is 57.7 Å². The van der Waals surface area contributed by atoms with Gasteiger partial charge < -0.3 is 9.80 Å². The van der Waals surface area contributed by atoms with Crippen molar-refractivity contribution in [3.63, 3.8) is 0 Å². The predicted molar refractivity (Wildman–Crippen MR) is 66.4 cm³/mol. The molecular formula is C9H18N2O3S2. The van der Waals surface area contributed by atoms with Gasteiger partial charge in [-0.25, -0.2) is 13.2 Å². The third-order valence-corrected chi connectivity index (χ3v) is 5.27. The summed E-state index contributed by atoms with van der Waals surface area (Å²) in [7, 11) is -1.52. The highest BCUT2D eigenvalue weighted by Gasteiger charge is 2.35. The van der Waals surface area contributed by atoms with Gasteiger partial charge in [0.25, 0.3) is 0 Å². The fourth-order valence-electron chi connectivity index (χ4n) is 1.51. The van der Waals surface area contributed by atoms with Crippen LogP contribution in [-0.2, 0) is 9.84 Å². The maximum atomic E-state index is 12.0. The third kappa shape index (κ3) is 3.04. The van der Waals surface area contributed by atoms with E-state index in [1.165, 1.54) is 16.1 Å². The number of sulfone groups is 1. The number of thioether (sulfide) groups is 1. The van der Waals surface area contributed by atoms with Crippen LogP contribution in [0.4, 0.5) is 4.79 Å². The standard InChI is InChI=1S/C9H18N2O3S2/c1-4-10(2)9(12)11-5-6-15-7-8(11)16(3,13)14/h8H,4-7H2,1-3H3. The second-order valence-electron chi connectivity index (χ2n) is 3.85. The number of hydrogen-bond donors (Lipinski definition) is 0. The zero-order chi connectivity index (χ0) is 12.3. The van der Waals surface area contributed by atoms with Crippen LogP contribution in [0.1, 0.15) is 6.92 Å². The summed E-state index contributed by atoms with van der Waals surface area (Å²) in [5.74, 6) is 1.28. The molecule has 1 atom stereocenters. The van der Waals surface area contributed by atoms with Crippen LogP contribution in [0.5, 0.6) is 0 Å². The normalized spacial score (nSPS) is 21.9. The molecule has 1 heterocycles. The predicted octanol–water partition coefficient (Wildman–Crippen LogP) is 0.478. The molecule has 0 radical (unpaired) electrons. The fourth-order valence-corrected chi connectivity index (χ4v) is 4.32. The van der Waals surface area contributed by atoms with Crippen molar-refractivity contribution in [3.05, 3.63) is 0 Å². The minimum atomic E-state index is -3.20. The van der Waals surface area contributed by atoms with E-state index in [0.717, 1.165) is 5.75 Å². The van der Waals surface area contributed by atoms with Gasteiger partial charge in [0.05, 0.1) is 0 Å². The van der Waals surface area contributed by atoms with E-state index in [1.807, 2.05) is 6.92 Å². The van der Waals surface area contributed by atoms with Crippen molar-refractivity contribution in [3.8, 4) is 0 Å². The maximum absolute atomic E-state index is 12.0. The average Bonchev–Trinajstić information content (AvgIpc) is 2.26. The third-order valence-electron chi connectivity index (χ3n) is 2.63. The molecule has 0 N–H and O–H groups in total. The number of amides is 2. The second-order valence-corrected chi connectivity index (χ2v) is 7.20. The van der Waals surface area contributed by atoms with Gasteiger partial charge in [-0.3, -0.25) is 0 Å². The van der Waals surface area contributed by atoms with Crippen molar-refractivity contribution in [2.24, 2.45) is 0 Å². The molecule has 0 bridgehead atoms. The van der Waals surface area contributed by atoms with Crippen molar-refractivity contribution in [1.29, 1.82) is 0 Å². The molecule has 0 aromatic rings. The van der Waals surface area contributed by atoms with E-state index in [-0.39, 0.29) is 6.03 Å². The lowest BCUT2D eigenvalue weighted by Crippen LogP contribution is -2.53. The first-order chi connectivity index (χ1) is 7.38. The molecule has 2 amide bonds. The highest BCUT2D eigenvalue weighted by Crippen LogP contribution is 2.21. The van der Waals surface area contributed by atoms with Gasteiger partial charge in [0.1, 0.15) is 5.37 Å². The number of urea groups is 1. The van der Waals surface area contributed by atoms with Crippen LogP contribution in [0.25, 0.3) is 0 Å². The van der Waals surface area contributed by atoms with Gasteiger partial charge in [-0.15, -0.1) is 0 Å². The zero-order valence-electron chi connectivity index (χ0n) is 9.84. The number of nitrogens with zero attached hydrogens (tertiary/aromatic N) is 2. The summed E-state index contributed by atoms with van der Waals surface area (Å²) < 4.78 is 23.2. The Bertz CT molecular complexity index is 356. The van der Waals surface area contributed by atoms with Crippen molar-refractivity contribution >= 4 is 27.6 Å². The first-order valence-corrected chi connectivity index (χ1v) is 8.27. The Balaban J connectivity index is 2.87. The van der Waals surface area contributed by atoms with Crippen molar-refractivity contribution in [2.75, 3.05) is 37.9 Å². The van der Waals surface area contributed by atoms with Crippen LogP contribution in [0, 0.1) is 0 Å². The Morgan fingerprint density at radius 3 is 2.69 bits per heavy atom. The van der Waals surface area contributed by atoms with Gasteiger partial charge >= 0.3 is 6.03 Å². The van der Waals surface area contributed by atoms with E-state index in [9.17, 15) is 13.2 Å². The monoisotopic (exact) mass is 266 g/mol. The van der Waals surface area contributed by atoms with Crippen molar-refractivity contribution in [1.82, 2.24) is 9.80 Å². The molecule has 5 nitrogen and oxygen atoms in total. The van der Waals surface area contributed by atoms with E-state index in [0.29, 0.717) is 18.8 Å². The molecule has 1 aliphatic heterocycles. The molecule has 7 heteroatoms. The minimum absolute atomic E-state index is 0.196. The van der Waals surface area contributed by atoms with Crippen molar-refractivity contribution < 1.29 is 13.2 Å². The van der Waals surface area contributed by atoms with Crippen LogP contribution in [0.15, 0.2) is 0 Å². The Labute approximate surface area is 101 Å². The van der Waals surface area contributed by atoms with Gasteiger partial charge in [-0.1, -0.05) is 0 Å². The SMILES string of the molecule is CCN(C)C(=O)N1CCSCC1S(C)(=O)=O. The van der Waals surface area contributed by atoms with Gasteiger partial charge in [0.2, 0.25) is 0 Å². The molecule has 1 fully saturated rings. The summed E-state index contributed by atoms with van der Waals surface area (Å²) in [5.41, 5.74) is 0. The summed E-state index contributed by atoms with van der Waals surface area (Å²) in [6, 6.07) is -0.196. The highest BCUT2D eigenvalue weighted by molar-refractivity contribution is 8.00. The number of carbonyl (C=O) groups excluding carboxylic acids is 1. The first-order valence-electron chi connectivity index (χ1n) is 5.16. The van der Waals surface area contributed by atoms with E-state index in [4.69, 9.17) is 0 Å². The Morgan fingerprint density at radius 1 is 1.56 bits per heavy atom. The van der Waals surface area contributed by atoms with E-state index in [2.05, 4.69) is 0 Å². The molecule has 0 saturated carbocycles. The van der Waals surface area contributed by atoms with E-state index < -0.39 is 15.2 Å². The summed E-state index contributed by atoms with van der Waals surface area (Å²) in [4.78, 5) is 15.0. The van der Waals surface area contributed by atoms with Crippen LogP contribution < -0.4 is 0 Å². The second kappa shape index (κ2) is 5.27. The van der Waals surface area contributed by atoms with Gasteiger partial charge in [-0.2, -0.15) is 11.8 Å². The molecule has 1 saturated heterocycles. The van der Waals surface area contributed by atoms with Gasteiger partial charge in [0.15, 0.2) is 9.84 Å². The molecule has 1 rings (SSSR count). The number of hydrogen-bond acceptors (Lipinski definition) is 4. The van der Waals surface area contributed by atoms with Crippen molar-refractivity contribution in [2.45, 2.75) is 12.3 Å². The lowest BCUT2D eigenvalue weighted by atomic mass is 10.5. The van der Waals surface area contributed by atoms with E-state index in [1.54, 1.807) is 18.8 Å². The zero-order valence-corrected chi connectivity index (χ0v) is 11.5. The average molecular weight is 266 g/mol. The van der Waals surface area contributed by atoms with Gasteiger partial charge in [0, 0.05) is 37.9 Å². The lowest BCUT2D eigenvalue weighted by molar-refractivity contribution is 0.163. The summed E-state index contributed by atoms with van der Waals surface area (Å²) in [5, 5.41) is -0.673. The maximum Gasteiger partial charge on any atom is 0.320 e. The number of rotatable bonds is 2. The molecule has 0 spiro atoms. The molecule has 1 aliphatic rings. The number of carbonyl (C=O) groups is 1. The summed E-state index contributed by atoms with van der Waals surface area (Å²) in [6.07, 6.45) is 1.19. The molecule has 1 unspecified atom stereocenters. The van der Waals surface area contributed by atoms with Crippen LogP contribution in [0.2, 0.25) is 0 Å². The first kappa shape index (κ1) is 13.6. The Kier molecular flexibility index (Phi) is 4.49. The smallest absolute Gasteiger partial charge is 0.320 e. The summed E-state index contributed by atoms with van der Waals surface area (Å²) >= 11 is 1.58. The minimum Gasteiger partial charge on any atom is -0.328 e. The van der Waals surface area contributed by atoms with Crippen LogP contribution >= 0.6 is 11.8 Å². The largest absolute Gasteiger partial charge is 0.328 e. The highest BCUT2D eigenvalue weighted by atomic mass is 32.2. The molecule has 94 valence electrons. The lowest BCUT2D eigenvalue weighted by Gasteiger charge is -2.36. The van der Waals surface area contributed by atoms with E-state index >= 15 is 0 Å². The molecule has 0 aromatic carbocycles. The molecule has 0 aliphatic carbocycles. The Hall–Kier alpha value is -0.430.